The fraction of sp³-hybridized carbons (Fsp3) is 0.667. The first-order chi connectivity index (χ1) is 7.65. The fourth-order valence-corrected chi connectivity index (χ4v) is 2.88. The van der Waals surface area contributed by atoms with Gasteiger partial charge in [0.05, 0.1) is 11.8 Å². The molecule has 0 aromatic rings. The Hall–Kier alpha value is -1.32. The van der Waals surface area contributed by atoms with Crippen LogP contribution in [0.1, 0.15) is 19.8 Å². The third kappa shape index (κ3) is 1.72. The highest BCUT2D eigenvalue weighted by atomic mass is 16.4. The first kappa shape index (κ1) is 11.2. The molecule has 0 aromatic heterocycles. The molecule has 0 heterocycles. The number of rotatable bonds is 4. The van der Waals surface area contributed by atoms with Gasteiger partial charge in [-0.2, -0.15) is 0 Å². The highest BCUT2D eigenvalue weighted by Gasteiger charge is 2.51. The van der Waals surface area contributed by atoms with Gasteiger partial charge in [0.2, 0.25) is 5.91 Å². The third-order valence-electron chi connectivity index (χ3n) is 3.60. The highest BCUT2D eigenvalue weighted by molar-refractivity contribution is 5.86. The van der Waals surface area contributed by atoms with Gasteiger partial charge in [-0.15, -0.1) is 0 Å². The molecule has 2 bridgehead atoms. The van der Waals surface area contributed by atoms with Crippen LogP contribution in [0.4, 0.5) is 0 Å². The average Bonchev–Trinajstić information content (AvgIpc) is 2.84. The van der Waals surface area contributed by atoms with E-state index in [1.807, 2.05) is 19.1 Å². The predicted octanol–water partition coefficient (Wildman–Crippen LogP) is 1.04. The second-order valence-corrected chi connectivity index (χ2v) is 4.63. The van der Waals surface area contributed by atoms with Gasteiger partial charge in [-0.05, 0) is 24.7 Å². The third-order valence-corrected chi connectivity index (χ3v) is 3.60. The molecule has 4 atom stereocenters. The van der Waals surface area contributed by atoms with Crippen molar-refractivity contribution in [1.82, 2.24) is 5.32 Å². The maximum Gasteiger partial charge on any atom is 0.307 e. The summed E-state index contributed by atoms with van der Waals surface area (Å²) in [4.78, 5) is 23.1. The van der Waals surface area contributed by atoms with Gasteiger partial charge in [0.15, 0.2) is 0 Å². The number of carboxylic acids is 1. The molecule has 2 aliphatic rings. The van der Waals surface area contributed by atoms with Gasteiger partial charge in [-0.25, -0.2) is 0 Å². The van der Waals surface area contributed by atoms with Crippen LogP contribution < -0.4 is 5.32 Å². The Kier molecular flexibility index (Phi) is 2.99. The summed E-state index contributed by atoms with van der Waals surface area (Å²) in [6.45, 7) is 2.61. The Balaban J connectivity index is 2.10. The number of carbonyl (C=O) groups excluding carboxylic acids is 1. The summed E-state index contributed by atoms with van der Waals surface area (Å²) in [6, 6.07) is 0. The van der Waals surface area contributed by atoms with Gasteiger partial charge in [0, 0.05) is 6.54 Å². The van der Waals surface area contributed by atoms with Gasteiger partial charge in [-0.1, -0.05) is 19.1 Å². The predicted molar refractivity (Wildman–Crippen MR) is 58.7 cm³/mol. The van der Waals surface area contributed by atoms with E-state index in [4.69, 9.17) is 5.11 Å². The molecule has 0 unspecified atom stereocenters. The molecular formula is C12H17NO3. The minimum Gasteiger partial charge on any atom is -0.481 e. The van der Waals surface area contributed by atoms with Crippen LogP contribution in [-0.2, 0) is 9.59 Å². The van der Waals surface area contributed by atoms with E-state index in [0.29, 0.717) is 6.54 Å². The van der Waals surface area contributed by atoms with Crippen LogP contribution in [0, 0.1) is 23.7 Å². The number of fused-ring (bicyclic) bond motifs is 2. The van der Waals surface area contributed by atoms with Gasteiger partial charge in [-0.3, -0.25) is 9.59 Å². The monoisotopic (exact) mass is 223 g/mol. The summed E-state index contributed by atoms with van der Waals surface area (Å²) >= 11 is 0. The molecule has 4 nitrogen and oxygen atoms in total. The Bertz CT molecular complexity index is 337. The van der Waals surface area contributed by atoms with Crippen LogP contribution in [0.25, 0.3) is 0 Å². The zero-order valence-corrected chi connectivity index (χ0v) is 9.35. The van der Waals surface area contributed by atoms with Gasteiger partial charge in [0.25, 0.3) is 0 Å². The number of carbonyl (C=O) groups is 2. The van der Waals surface area contributed by atoms with E-state index in [9.17, 15) is 9.59 Å². The number of aliphatic carboxylic acids is 1. The summed E-state index contributed by atoms with van der Waals surface area (Å²) in [5, 5.41) is 12.0. The number of amides is 1. The minimum absolute atomic E-state index is 0.0554. The number of carboxylic acid groups (broad SMARTS) is 1. The Morgan fingerprint density at radius 2 is 1.94 bits per heavy atom. The SMILES string of the molecule is CCCNC(=O)[C@H]1[C@@H](C(=O)O)[C@H]2C=C[C@@H]1C2. The molecule has 1 saturated carbocycles. The van der Waals surface area contributed by atoms with Crippen molar-refractivity contribution < 1.29 is 14.7 Å². The van der Waals surface area contributed by atoms with Crippen molar-refractivity contribution in [3.8, 4) is 0 Å². The van der Waals surface area contributed by atoms with Crippen molar-refractivity contribution in [2.24, 2.45) is 23.7 Å². The van der Waals surface area contributed by atoms with Crippen molar-refractivity contribution in [2.75, 3.05) is 6.54 Å². The lowest BCUT2D eigenvalue weighted by Gasteiger charge is -2.23. The molecule has 0 radical (unpaired) electrons. The maximum absolute atomic E-state index is 11.9. The lowest BCUT2D eigenvalue weighted by atomic mass is 9.82. The van der Waals surface area contributed by atoms with Crippen LogP contribution in [0.3, 0.4) is 0 Å². The molecule has 1 fully saturated rings. The van der Waals surface area contributed by atoms with Crippen LogP contribution in [-0.4, -0.2) is 23.5 Å². The molecule has 4 heteroatoms. The van der Waals surface area contributed by atoms with Crippen LogP contribution in [0.15, 0.2) is 12.2 Å². The van der Waals surface area contributed by atoms with E-state index in [-0.39, 0.29) is 23.7 Å². The molecular weight excluding hydrogens is 206 g/mol. The van der Waals surface area contributed by atoms with Crippen molar-refractivity contribution in [3.05, 3.63) is 12.2 Å². The first-order valence-corrected chi connectivity index (χ1v) is 5.84. The topological polar surface area (TPSA) is 66.4 Å². The largest absolute Gasteiger partial charge is 0.481 e. The summed E-state index contributed by atoms with van der Waals surface area (Å²) in [5.41, 5.74) is 0. The standard InChI is InChI=1S/C12H17NO3/c1-2-5-13-11(14)9-7-3-4-8(6-7)10(9)12(15)16/h3-4,7-10H,2,5-6H2,1H3,(H,13,14)(H,15,16)/t7-,8+,9-,10+/m1/s1. The second kappa shape index (κ2) is 4.28. The van der Waals surface area contributed by atoms with Crippen molar-refractivity contribution in [1.29, 1.82) is 0 Å². The number of allylic oxidation sites excluding steroid dienone is 2. The van der Waals surface area contributed by atoms with E-state index in [0.717, 1.165) is 12.8 Å². The number of hydrogen-bond donors (Lipinski definition) is 2. The molecule has 0 aliphatic heterocycles. The van der Waals surface area contributed by atoms with E-state index < -0.39 is 11.9 Å². The zero-order chi connectivity index (χ0) is 11.7. The zero-order valence-electron chi connectivity index (χ0n) is 9.35. The smallest absolute Gasteiger partial charge is 0.307 e. The van der Waals surface area contributed by atoms with E-state index in [1.165, 1.54) is 0 Å². The molecule has 0 aromatic carbocycles. The lowest BCUT2D eigenvalue weighted by molar-refractivity contribution is -0.147. The van der Waals surface area contributed by atoms with Gasteiger partial charge < -0.3 is 10.4 Å². The average molecular weight is 223 g/mol. The lowest BCUT2D eigenvalue weighted by Crippen LogP contribution is -2.40. The molecule has 2 rings (SSSR count). The normalized spacial score (nSPS) is 35.3. The number of hydrogen-bond acceptors (Lipinski definition) is 2. The Labute approximate surface area is 94.7 Å². The minimum atomic E-state index is -0.839. The summed E-state index contributed by atoms with van der Waals surface area (Å²) in [5.74, 6) is -1.63. The van der Waals surface area contributed by atoms with E-state index >= 15 is 0 Å². The first-order valence-electron chi connectivity index (χ1n) is 5.84. The second-order valence-electron chi connectivity index (χ2n) is 4.63. The quantitative estimate of drug-likeness (QED) is 0.700. The Morgan fingerprint density at radius 3 is 2.50 bits per heavy atom. The van der Waals surface area contributed by atoms with Crippen LogP contribution in [0.2, 0.25) is 0 Å². The van der Waals surface area contributed by atoms with E-state index in [1.54, 1.807) is 0 Å². The maximum atomic E-state index is 11.9. The molecule has 2 aliphatic carbocycles. The van der Waals surface area contributed by atoms with Crippen LogP contribution >= 0.6 is 0 Å². The fourth-order valence-electron chi connectivity index (χ4n) is 2.88. The summed E-state index contributed by atoms with van der Waals surface area (Å²) < 4.78 is 0. The summed E-state index contributed by atoms with van der Waals surface area (Å²) in [6.07, 6.45) is 5.65. The molecule has 1 amide bonds. The van der Waals surface area contributed by atoms with Crippen molar-refractivity contribution >= 4 is 11.9 Å². The highest BCUT2D eigenvalue weighted by Crippen LogP contribution is 2.48. The summed E-state index contributed by atoms with van der Waals surface area (Å²) in [7, 11) is 0. The molecule has 0 saturated heterocycles. The van der Waals surface area contributed by atoms with Gasteiger partial charge >= 0.3 is 5.97 Å². The molecule has 0 spiro atoms. The van der Waals surface area contributed by atoms with Crippen molar-refractivity contribution in [3.63, 3.8) is 0 Å². The number of nitrogens with one attached hydrogen (secondary N) is 1. The molecule has 88 valence electrons. The van der Waals surface area contributed by atoms with Gasteiger partial charge in [0.1, 0.15) is 0 Å². The van der Waals surface area contributed by atoms with Crippen LogP contribution in [0.5, 0.6) is 0 Å². The molecule has 16 heavy (non-hydrogen) atoms. The Morgan fingerprint density at radius 1 is 1.31 bits per heavy atom. The van der Waals surface area contributed by atoms with Crippen molar-refractivity contribution in [2.45, 2.75) is 19.8 Å². The molecule has 2 N–H and O–H groups in total. The van der Waals surface area contributed by atoms with E-state index in [2.05, 4.69) is 5.32 Å².